The number of hydrogen-bond acceptors (Lipinski definition) is 4. The summed E-state index contributed by atoms with van der Waals surface area (Å²) in [6.07, 6.45) is 0.968. The molecule has 5 heteroatoms. The summed E-state index contributed by atoms with van der Waals surface area (Å²) in [4.78, 5) is 13.7. The van der Waals surface area contributed by atoms with Gasteiger partial charge in [0.1, 0.15) is 5.75 Å². The van der Waals surface area contributed by atoms with E-state index >= 15 is 0 Å². The predicted molar refractivity (Wildman–Crippen MR) is 77.6 cm³/mol. The molecule has 0 bridgehead atoms. The molecule has 1 aromatic carbocycles. The zero-order valence-electron chi connectivity index (χ0n) is 12.3. The van der Waals surface area contributed by atoms with Gasteiger partial charge in [-0.1, -0.05) is 6.07 Å². The minimum atomic E-state index is -0.657. The Balaban J connectivity index is 1.90. The van der Waals surface area contributed by atoms with Gasteiger partial charge in [0.15, 0.2) is 6.10 Å². The van der Waals surface area contributed by atoms with Crippen LogP contribution in [0.5, 0.6) is 5.75 Å². The van der Waals surface area contributed by atoms with Crippen molar-refractivity contribution in [3.63, 3.8) is 0 Å². The molecule has 1 amide bonds. The van der Waals surface area contributed by atoms with Gasteiger partial charge in [-0.25, -0.2) is 0 Å². The number of carbonyl (C=O) groups is 1. The first-order chi connectivity index (χ1) is 10.0. The number of nitriles is 1. The Hall–Kier alpha value is -2.06. The standard InChI is InChI=1S/C16H20N2O3/c1-11(21-14-5-3-4-12(8-14)9-17)16(20)18(2)10-15(19)13-6-7-13/h3-5,8,11,13,15,19H,6-7,10H2,1-2H3. The summed E-state index contributed by atoms with van der Waals surface area (Å²) in [5, 5.41) is 18.7. The van der Waals surface area contributed by atoms with E-state index in [9.17, 15) is 9.90 Å². The number of carbonyl (C=O) groups excluding carboxylic acids is 1. The second kappa shape index (κ2) is 6.59. The maximum atomic E-state index is 12.2. The monoisotopic (exact) mass is 288 g/mol. The van der Waals surface area contributed by atoms with E-state index in [0.29, 0.717) is 23.8 Å². The molecule has 2 rings (SSSR count). The van der Waals surface area contributed by atoms with Gasteiger partial charge in [-0.2, -0.15) is 5.26 Å². The second-order valence-electron chi connectivity index (χ2n) is 5.52. The molecule has 0 aliphatic heterocycles. The minimum Gasteiger partial charge on any atom is -0.481 e. The van der Waals surface area contributed by atoms with Crippen LogP contribution in [0, 0.1) is 17.2 Å². The smallest absolute Gasteiger partial charge is 0.263 e. The molecular weight excluding hydrogens is 268 g/mol. The Morgan fingerprint density at radius 3 is 2.90 bits per heavy atom. The van der Waals surface area contributed by atoms with Gasteiger partial charge in [-0.05, 0) is 43.9 Å². The van der Waals surface area contributed by atoms with Crippen LogP contribution in [0.25, 0.3) is 0 Å². The molecule has 1 aliphatic rings. The molecule has 5 nitrogen and oxygen atoms in total. The highest BCUT2D eigenvalue weighted by molar-refractivity contribution is 5.80. The van der Waals surface area contributed by atoms with Crippen LogP contribution in [0.3, 0.4) is 0 Å². The van der Waals surface area contributed by atoms with Gasteiger partial charge >= 0.3 is 0 Å². The van der Waals surface area contributed by atoms with E-state index in [0.717, 1.165) is 12.8 Å². The van der Waals surface area contributed by atoms with Gasteiger partial charge in [0.25, 0.3) is 5.91 Å². The third-order valence-electron chi connectivity index (χ3n) is 3.63. The van der Waals surface area contributed by atoms with Crippen molar-refractivity contribution < 1.29 is 14.6 Å². The van der Waals surface area contributed by atoms with E-state index in [1.807, 2.05) is 6.07 Å². The molecule has 0 saturated heterocycles. The van der Waals surface area contributed by atoms with Gasteiger partial charge in [0.2, 0.25) is 0 Å². The lowest BCUT2D eigenvalue weighted by atomic mass is 10.2. The van der Waals surface area contributed by atoms with Crippen molar-refractivity contribution in [1.82, 2.24) is 4.90 Å². The number of amides is 1. The number of benzene rings is 1. The van der Waals surface area contributed by atoms with Crippen molar-refractivity contribution in [2.75, 3.05) is 13.6 Å². The van der Waals surface area contributed by atoms with Crippen LogP contribution in [0.1, 0.15) is 25.3 Å². The lowest BCUT2D eigenvalue weighted by Crippen LogP contribution is -2.42. The first kappa shape index (κ1) is 15.3. The number of likely N-dealkylation sites (N-methyl/N-ethyl adjacent to an activating group) is 1. The molecule has 0 spiro atoms. The van der Waals surface area contributed by atoms with E-state index in [-0.39, 0.29) is 5.91 Å². The summed E-state index contributed by atoms with van der Waals surface area (Å²) in [5.41, 5.74) is 0.490. The SMILES string of the molecule is CC(Oc1cccc(C#N)c1)C(=O)N(C)CC(O)C1CC1. The highest BCUT2D eigenvalue weighted by Gasteiger charge is 2.32. The van der Waals surface area contributed by atoms with Gasteiger partial charge < -0.3 is 14.7 Å². The Labute approximate surface area is 124 Å². The largest absolute Gasteiger partial charge is 0.481 e. The van der Waals surface area contributed by atoms with E-state index in [4.69, 9.17) is 10.00 Å². The summed E-state index contributed by atoms with van der Waals surface area (Å²) < 4.78 is 5.57. The van der Waals surface area contributed by atoms with Crippen LogP contribution in [0.4, 0.5) is 0 Å². The highest BCUT2D eigenvalue weighted by Crippen LogP contribution is 2.32. The lowest BCUT2D eigenvalue weighted by molar-refractivity contribution is -0.138. The number of rotatable bonds is 6. The number of aliphatic hydroxyl groups excluding tert-OH is 1. The lowest BCUT2D eigenvalue weighted by Gasteiger charge is -2.24. The quantitative estimate of drug-likeness (QED) is 0.862. The Morgan fingerprint density at radius 1 is 1.57 bits per heavy atom. The maximum Gasteiger partial charge on any atom is 0.263 e. The van der Waals surface area contributed by atoms with Gasteiger partial charge in [-0.3, -0.25) is 4.79 Å². The first-order valence-corrected chi connectivity index (χ1v) is 7.11. The number of nitrogens with zero attached hydrogens (tertiary/aromatic N) is 2. The van der Waals surface area contributed by atoms with Crippen molar-refractivity contribution in [2.24, 2.45) is 5.92 Å². The number of ether oxygens (including phenoxy) is 1. The van der Waals surface area contributed by atoms with Crippen LogP contribution >= 0.6 is 0 Å². The third-order valence-corrected chi connectivity index (χ3v) is 3.63. The van der Waals surface area contributed by atoms with E-state index in [2.05, 4.69) is 0 Å². The average molecular weight is 288 g/mol. The molecule has 1 fully saturated rings. The van der Waals surface area contributed by atoms with Crippen molar-refractivity contribution in [3.05, 3.63) is 29.8 Å². The molecule has 1 aromatic rings. The first-order valence-electron chi connectivity index (χ1n) is 7.11. The molecule has 0 aromatic heterocycles. The summed E-state index contributed by atoms with van der Waals surface area (Å²) in [6, 6.07) is 8.73. The Morgan fingerprint density at radius 2 is 2.29 bits per heavy atom. The van der Waals surface area contributed by atoms with Crippen molar-refractivity contribution in [1.29, 1.82) is 5.26 Å². The van der Waals surface area contributed by atoms with Crippen molar-refractivity contribution in [3.8, 4) is 11.8 Å². The fourth-order valence-corrected chi connectivity index (χ4v) is 2.20. The average Bonchev–Trinajstić information content (AvgIpc) is 3.31. The van der Waals surface area contributed by atoms with Crippen molar-refractivity contribution in [2.45, 2.75) is 32.0 Å². The Kier molecular flexibility index (Phi) is 4.81. The molecule has 2 atom stereocenters. The van der Waals surface area contributed by atoms with E-state index < -0.39 is 12.2 Å². The van der Waals surface area contributed by atoms with Gasteiger partial charge in [0, 0.05) is 13.6 Å². The van der Waals surface area contributed by atoms with Crippen LogP contribution in [-0.4, -0.2) is 41.7 Å². The highest BCUT2D eigenvalue weighted by atomic mass is 16.5. The molecule has 21 heavy (non-hydrogen) atoms. The maximum absolute atomic E-state index is 12.2. The zero-order valence-corrected chi connectivity index (χ0v) is 12.3. The zero-order chi connectivity index (χ0) is 15.4. The molecule has 1 aliphatic carbocycles. The Bertz CT molecular complexity index is 549. The normalized spacial score (nSPS) is 16.7. The molecule has 1 N–H and O–H groups in total. The predicted octanol–water partition coefficient (Wildman–Crippen LogP) is 1.55. The van der Waals surface area contributed by atoms with Crippen LogP contribution in [-0.2, 0) is 4.79 Å². The van der Waals surface area contributed by atoms with Crippen LogP contribution in [0.2, 0.25) is 0 Å². The molecule has 0 heterocycles. The molecule has 112 valence electrons. The van der Waals surface area contributed by atoms with Gasteiger partial charge in [-0.15, -0.1) is 0 Å². The fraction of sp³-hybridized carbons (Fsp3) is 0.500. The molecular formula is C16H20N2O3. The topological polar surface area (TPSA) is 73.6 Å². The van der Waals surface area contributed by atoms with Crippen molar-refractivity contribution >= 4 is 5.91 Å². The number of hydrogen-bond donors (Lipinski definition) is 1. The summed E-state index contributed by atoms with van der Waals surface area (Å²) in [5.74, 6) is 0.645. The van der Waals surface area contributed by atoms with E-state index in [1.165, 1.54) is 4.90 Å². The molecule has 1 saturated carbocycles. The summed E-state index contributed by atoms with van der Waals surface area (Å²) in [7, 11) is 1.67. The van der Waals surface area contributed by atoms with Crippen LogP contribution < -0.4 is 4.74 Å². The van der Waals surface area contributed by atoms with E-state index in [1.54, 1.807) is 38.2 Å². The fourth-order valence-electron chi connectivity index (χ4n) is 2.20. The molecule has 2 unspecified atom stereocenters. The van der Waals surface area contributed by atoms with Crippen LogP contribution in [0.15, 0.2) is 24.3 Å². The third kappa shape index (κ3) is 4.20. The van der Waals surface area contributed by atoms with Gasteiger partial charge in [0.05, 0.1) is 17.7 Å². The number of aliphatic hydroxyl groups is 1. The molecule has 0 radical (unpaired) electrons. The summed E-state index contributed by atoms with van der Waals surface area (Å²) >= 11 is 0. The second-order valence-corrected chi connectivity index (χ2v) is 5.52. The summed E-state index contributed by atoms with van der Waals surface area (Å²) in [6.45, 7) is 2.00. The minimum absolute atomic E-state index is 0.183.